The highest BCUT2D eigenvalue weighted by Gasteiger charge is 2.24. The van der Waals surface area contributed by atoms with Crippen LogP contribution in [0.25, 0.3) is 0 Å². The Balaban J connectivity index is 2.26. The van der Waals surface area contributed by atoms with E-state index in [1.807, 2.05) is 4.90 Å². The molecule has 0 saturated carbocycles. The number of ether oxygens (including phenoxy) is 2. The Morgan fingerprint density at radius 1 is 1.41 bits per heavy atom. The van der Waals surface area contributed by atoms with E-state index in [9.17, 15) is 19.7 Å². The number of nitro groups is 1. The van der Waals surface area contributed by atoms with Gasteiger partial charge in [-0.2, -0.15) is 5.26 Å². The Bertz CT molecular complexity index is 832. The van der Waals surface area contributed by atoms with Crippen LogP contribution in [0.4, 0.5) is 11.4 Å². The molecule has 142 valence electrons. The fraction of sp³-hybridized carbons (Fsp3) is 0.353. The van der Waals surface area contributed by atoms with Crippen LogP contribution in [0.3, 0.4) is 0 Å². The molecule has 0 radical (unpaired) electrons. The molecule has 2 rings (SSSR count). The van der Waals surface area contributed by atoms with E-state index >= 15 is 0 Å². The monoisotopic (exact) mass is 374 g/mol. The summed E-state index contributed by atoms with van der Waals surface area (Å²) < 4.78 is 10.2. The number of nitro benzene ring substituents is 1. The van der Waals surface area contributed by atoms with Gasteiger partial charge in [-0.15, -0.1) is 0 Å². The Morgan fingerprint density at radius 3 is 2.63 bits per heavy atom. The first-order valence-corrected chi connectivity index (χ1v) is 8.03. The minimum Gasteiger partial charge on any atom is -0.454 e. The SMILES string of the molecule is C/C(N)=C(/C#N)C(=O)COC(=O)c1cc([N+](=O)[O-])ccc1N1CCOCC1. The summed E-state index contributed by atoms with van der Waals surface area (Å²) in [6, 6.07) is 5.52. The summed E-state index contributed by atoms with van der Waals surface area (Å²) in [5.41, 5.74) is 5.30. The molecule has 27 heavy (non-hydrogen) atoms. The van der Waals surface area contributed by atoms with Gasteiger partial charge in [0.15, 0.2) is 6.61 Å². The maximum atomic E-state index is 12.5. The molecule has 0 aliphatic carbocycles. The van der Waals surface area contributed by atoms with Gasteiger partial charge in [-0.1, -0.05) is 0 Å². The largest absolute Gasteiger partial charge is 0.454 e. The summed E-state index contributed by atoms with van der Waals surface area (Å²) in [5.74, 6) is -1.65. The lowest BCUT2D eigenvalue weighted by atomic mass is 10.1. The van der Waals surface area contributed by atoms with Crippen LogP contribution in [0.15, 0.2) is 29.5 Å². The first kappa shape index (κ1) is 19.9. The van der Waals surface area contributed by atoms with Crippen LogP contribution >= 0.6 is 0 Å². The Kier molecular flexibility index (Phi) is 6.46. The molecule has 1 aromatic carbocycles. The molecule has 0 atom stereocenters. The number of carbonyl (C=O) groups excluding carboxylic acids is 2. The van der Waals surface area contributed by atoms with E-state index in [0.29, 0.717) is 32.0 Å². The summed E-state index contributed by atoms with van der Waals surface area (Å²) in [7, 11) is 0. The number of morpholine rings is 1. The number of anilines is 1. The predicted molar refractivity (Wildman–Crippen MR) is 93.9 cm³/mol. The number of hydrogen-bond donors (Lipinski definition) is 1. The molecule has 10 heteroatoms. The topological polar surface area (TPSA) is 149 Å². The van der Waals surface area contributed by atoms with Gasteiger partial charge in [0, 0.05) is 30.9 Å². The fourth-order valence-corrected chi connectivity index (χ4v) is 2.53. The number of nitrogens with two attached hydrogens (primary N) is 1. The van der Waals surface area contributed by atoms with Crippen LogP contribution in [-0.2, 0) is 14.3 Å². The van der Waals surface area contributed by atoms with E-state index in [1.165, 1.54) is 19.1 Å². The summed E-state index contributed by atoms with van der Waals surface area (Å²) in [6.07, 6.45) is 0. The highest BCUT2D eigenvalue weighted by molar-refractivity contribution is 6.03. The number of carbonyl (C=O) groups is 2. The van der Waals surface area contributed by atoms with Crippen molar-refractivity contribution in [2.24, 2.45) is 5.73 Å². The van der Waals surface area contributed by atoms with Crippen molar-refractivity contribution >= 4 is 23.1 Å². The summed E-state index contributed by atoms with van der Waals surface area (Å²) >= 11 is 0. The summed E-state index contributed by atoms with van der Waals surface area (Å²) in [5, 5.41) is 20.0. The zero-order chi connectivity index (χ0) is 20.0. The number of nitrogens with zero attached hydrogens (tertiary/aromatic N) is 3. The molecule has 1 aromatic rings. The molecule has 1 aliphatic heterocycles. The number of rotatable bonds is 6. The van der Waals surface area contributed by atoms with Crippen molar-refractivity contribution in [3.05, 3.63) is 45.1 Å². The van der Waals surface area contributed by atoms with E-state index in [1.54, 1.807) is 6.07 Å². The van der Waals surface area contributed by atoms with Crippen LogP contribution < -0.4 is 10.6 Å². The standard InChI is InChI=1S/C17H18N4O6/c1-11(19)14(9-18)16(22)10-27-17(23)13-8-12(21(24)25)2-3-15(13)20-4-6-26-7-5-20/h2-3,8H,4-7,10,19H2,1H3/b14-11+. The first-order chi connectivity index (χ1) is 12.8. The number of allylic oxidation sites excluding steroid dienone is 1. The van der Waals surface area contributed by atoms with Crippen molar-refractivity contribution in [1.29, 1.82) is 5.26 Å². The molecule has 0 unspecified atom stereocenters. The maximum absolute atomic E-state index is 12.5. The molecule has 0 spiro atoms. The van der Waals surface area contributed by atoms with Gasteiger partial charge in [0.05, 0.1) is 29.4 Å². The van der Waals surface area contributed by atoms with Gasteiger partial charge >= 0.3 is 5.97 Å². The Hall–Kier alpha value is -3.45. The predicted octanol–water partition coefficient (Wildman–Crippen LogP) is 0.914. The van der Waals surface area contributed by atoms with E-state index in [-0.39, 0.29) is 22.5 Å². The van der Waals surface area contributed by atoms with Gasteiger partial charge in [0.1, 0.15) is 11.6 Å². The second kappa shape index (κ2) is 8.77. The number of Topliss-reactive ketones (excluding diaryl/α,β-unsaturated/α-hetero) is 1. The number of hydrogen-bond acceptors (Lipinski definition) is 9. The van der Waals surface area contributed by atoms with Crippen molar-refractivity contribution in [3.8, 4) is 6.07 Å². The Morgan fingerprint density at radius 2 is 2.07 bits per heavy atom. The molecular weight excluding hydrogens is 356 g/mol. The fourth-order valence-electron chi connectivity index (χ4n) is 2.53. The molecule has 10 nitrogen and oxygen atoms in total. The second-order valence-corrected chi connectivity index (χ2v) is 5.73. The number of benzene rings is 1. The molecule has 1 fully saturated rings. The molecule has 0 bridgehead atoms. The maximum Gasteiger partial charge on any atom is 0.340 e. The second-order valence-electron chi connectivity index (χ2n) is 5.73. The van der Waals surface area contributed by atoms with E-state index in [0.717, 1.165) is 6.07 Å². The van der Waals surface area contributed by atoms with Crippen molar-refractivity contribution in [3.63, 3.8) is 0 Å². The quantitative estimate of drug-likeness (QED) is 0.252. The van der Waals surface area contributed by atoms with Crippen LogP contribution in [0.5, 0.6) is 0 Å². The molecule has 1 aliphatic rings. The van der Waals surface area contributed by atoms with Crippen molar-refractivity contribution in [1.82, 2.24) is 0 Å². The third kappa shape index (κ3) is 4.80. The van der Waals surface area contributed by atoms with Crippen LogP contribution in [0, 0.1) is 21.4 Å². The van der Waals surface area contributed by atoms with Crippen molar-refractivity contribution < 1.29 is 24.0 Å². The number of non-ortho nitro benzene ring substituents is 1. The molecule has 1 saturated heterocycles. The number of ketones is 1. The zero-order valence-corrected chi connectivity index (χ0v) is 14.6. The van der Waals surface area contributed by atoms with Crippen LogP contribution in [0.2, 0.25) is 0 Å². The summed E-state index contributed by atoms with van der Waals surface area (Å²) in [4.78, 5) is 36.7. The average Bonchev–Trinajstić information content (AvgIpc) is 2.66. The lowest BCUT2D eigenvalue weighted by Crippen LogP contribution is -2.37. The minimum atomic E-state index is -0.902. The van der Waals surface area contributed by atoms with Gasteiger partial charge in [-0.25, -0.2) is 4.79 Å². The number of esters is 1. The molecule has 1 heterocycles. The van der Waals surface area contributed by atoms with Gasteiger partial charge in [0.2, 0.25) is 5.78 Å². The number of nitriles is 1. The lowest BCUT2D eigenvalue weighted by molar-refractivity contribution is -0.384. The highest BCUT2D eigenvalue weighted by Crippen LogP contribution is 2.27. The lowest BCUT2D eigenvalue weighted by Gasteiger charge is -2.30. The molecule has 0 aromatic heterocycles. The van der Waals surface area contributed by atoms with Crippen molar-refractivity contribution in [2.45, 2.75) is 6.92 Å². The Labute approximate surface area is 154 Å². The molecular formula is C17H18N4O6. The first-order valence-electron chi connectivity index (χ1n) is 8.03. The minimum absolute atomic E-state index is 0.0166. The smallest absolute Gasteiger partial charge is 0.340 e. The molecule has 0 amide bonds. The van der Waals surface area contributed by atoms with Crippen LogP contribution in [-0.4, -0.2) is 49.6 Å². The molecule has 2 N–H and O–H groups in total. The third-order valence-corrected chi connectivity index (χ3v) is 3.88. The average molecular weight is 374 g/mol. The van der Waals surface area contributed by atoms with Crippen molar-refractivity contribution in [2.75, 3.05) is 37.8 Å². The highest BCUT2D eigenvalue weighted by atomic mass is 16.6. The van der Waals surface area contributed by atoms with Gasteiger partial charge in [0.25, 0.3) is 5.69 Å². The summed E-state index contributed by atoms with van der Waals surface area (Å²) in [6.45, 7) is 2.61. The third-order valence-electron chi connectivity index (χ3n) is 3.88. The van der Waals surface area contributed by atoms with E-state index < -0.39 is 23.3 Å². The normalized spacial score (nSPS) is 14.7. The van der Waals surface area contributed by atoms with Gasteiger partial charge in [-0.3, -0.25) is 14.9 Å². The van der Waals surface area contributed by atoms with Gasteiger partial charge in [-0.05, 0) is 13.0 Å². The van der Waals surface area contributed by atoms with Gasteiger partial charge < -0.3 is 20.1 Å². The van der Waals surface area contributed by atoms with E-state index in [2.05, 4.69) is 0 Å². The van der Waals surface area contributed by atoms with E-state index in [4.69, 9.17) is 20.5 Å². The van der Waals surface area contributed by atoms with Crippen LogP contribution in [0.1, 0.15) is 17.3 Å². The zero-order valence-electron chi connectivity index (χ0n) is 14.6.